The summed E-state index contributed by atoms with van der Waals surface area (Å²) >= 11 is 0. The molecule has 0 bridgehead atoms. The lowest BCUT2D eigenvalue weighted by Crippen LogP contribution is -2.39. The van der Waals surface area contributed by atoms with E-state index in [4.69, 9.17) is 0 Å². The van der Waals surface area contributed by atoms with Crippen LogP contribution in [-0.2, 0) is 4.79 Å². The number of rotatable bonds is 5. The Hall–Kier alpha value is -3.49. The summed E-state index contributed by atoms with van der Waals surface area (Å²) < 4.78 is 29.9. The topological polar surface area (TPSA) is 86.9 Å². The maximum absolute atomic E-state index is 14.5. The molecule has 1 amide bonds. The molecule has 7 nitrogen and oxygen atoms in total. The molecule has 2 aromatic heterocycles. The van der Waals surface area contributed by atoms with Gasteiger partial charge in [0.15, 0.2) is 0 Å². The van der Waals surface area contributed by atoms with Gasteiger partial charge in [-0.1, -0.05) is 6.42 Å². The van der Waals surface area contributed by atoms with Crippen molar-refractivity contribution < 1.29 is 23.5 Å². The minimum atomic E-state index is -0.825. The second kappa shape index (κ2) is 9.04. The number of carboxylic acids is 1. The fourth-order valence-electron chi connectivity index (χ4n) is 5.30. The van der Waals surface area contributed by atoms with E-state index in [1.807, 2.05) is 17.0 Å². The van der Waals surface area contributed by atoms with Crippen molar-refractivity contribution in [1.29, 1.82) is 0 Å². The van der Waals surface area contributed by atoms with Gasteiger partial charge in [0, 0.05) is 30.0 Å². The number of aliphatic carboxylic acids is 1. The molecule has 0 spiro atoms. The minimum absolute atomic E-state index is 0.195. The number of halogens is 2. The molecule has 9 heteroatoms. The summed E-state index contributed by atoms with van der Waals surface area (Å²) in [5, 5.41) is 16.6. The number of nitrogens with one attached hydrogen (secondary N) is 1. The van der Waals surface area contributed by atoms with E-state index in [1.54, 1.807) is 10.7 Å². The lowest BCUT2D eigenvalue weighted by Gasteiger charge is -2.28. The van der Waals surface area contributed by atoms with E-state index in [9.17, 15) is 23.5 Å². The molecule has 178 valence electrons. The number of aromatic nitrogens is 2. The second-order valence-electron chi connectivity index (χ2n) is 9.16. The number of nitrogens with zero attached hydrogens (tertiary/aromatic N) is 3. The molecule has 2 fully saturated rings. The molecule has 1 saturated carbocycles. The van der Waals surface area contributed by atoms with Crippen LogP contribution in [0.1, 0.15) is 60.5 Å². The highest BCUT2D eigenvalue weighted by Gasteiger charge is 2.31. The number of carboxylic acid groups (broad SMARTS) is 1. The third kappa shape index (κ3) is 4.22. The fourth-order valence-corrected chi connectivity index (χ4v) is 5.30. The van der Waals surface area contributed by atoms with Crippen molar-refractivity contribution >= 4 is 23.1 Å². The smallest absolute Gasteiger partial charge is 0.306 e. The van der Waals surface area contributed by atoms with Crippen molar-refractivity contribution in [3.05, 3.63) is 65.5 Å². The molecule has 1 aliphatic carbocycles. The zero-order chi connectivity index (χ0) is 23.8. The van der Waals surface area contributed by atoms with Crippen LogP contribution in [0.25, 0.3) is 5.52 Å². The minimum Gasteiger partial charge on any atom is -0.481 e. The molecule has 3 atom stereocenters. The first kappa shape index (κ1) is 22.3. The van der Waals surface area contributed by atoms with Crippen molar-refractivity contribution in [2.75, 3.05) is 11.4 Å². The summed E-state index contributed by atoms with van der Waals surface area (Å²) in [7, 11) is 0. The lowest BCUT2D eigenvalue weighted by atomic mass is 9.85. The van der Waals surface area contributed by atoms with E-state index < -0.39 is 23.5 Å². The molecule has 1 aliphatic heterocycles. The molecule has 1 aromatic carbocycles. The zero-order valence-electron chi connectivity index (χ0n) is 18.6. The van der Waals surface area contributed by atoms with Crippen molar-refractivity contribution in [3.8, 4) is 0 Å². The summed E-state index contributed by atoms with van der Waals surface area (Å²) in [4.78, 5) is 26.4. The number of anilines is 1. The number of benzene rings is 1. The van der Waals surface area contributed by atoms with Gasteiger partial charge in [-0.05, 0) is 62.4 Å². The Labute approximate surface area is 195 Å². The summed E-state index contributed by atoms with van der Waals surface area (Å²) in [5.41, 5.74) is 2.13. The number of hydrogen-bond donors (Lipinski definition) is 2. The summed E-state index contributed by atoms with van der Waals surface area (Å²) in [6.45, 7) is 0.686. The summed E-state index contributed by atoms with van der Waals surface area (Å²) in [6, 6.07) is 6.74. The Balaban J connectivity index is 1.40. The molecular formula is C25H26F2N4O3. The van der Waals surface area contributed by atoms with Crippen LogP contribution >= 0.6 is 0 Å². The van der Waals surface area contributed by atoms with Crippen molar-refractivity contribution in [1.82, 2.24) is 14.9 Å². The third-order valence-corrected chi connectivity index (χ3v) is 7.01. The lowest BCUT2D eigenvalue weighted by molar-refractivity contribution is -0.143. The molecule has 1 saturated heterocycles. The monoisotopic (exact) mass is 468 g/mol. The molecular weight excluding hydrogens is 442 g/mol. The fraction of sp³-hybridized carbons (Fsp3) is 0.400. The maximum atomic E-state index is 14.5. The van der Waals surface area contributed by atoms with Crippen LogP contribution in [0.15, 0.2) is 42.7 Å². The highest BCUT2D eigenvalue weighted by molar-refractivity contribution is 6.01. The molecule has 2 N–H and O–H groups in total. The Bertz CT molecular complexity index is 1240. The molecule has 3 aromatic rings. The van der Waals surface area contributed by atoms with Gasteiger partial charge in [-0.3, -0.25) is 9.59 Å². The normalized spacial score (nSPS) is 22.8. The molecule has 34 heavy (non-hydrogen) atoms. The van der Waals surface area contributed by atoms with Crippen LogP contribution in [0.3, 0.4) is 0 Å². The van der Waals surface area contributed by atoms with Crippen LogP contribution in [-0.4, -0.2) is 39.2 Å². The van der Waals surface area contributed by atoms with Crippen molar-refractivity contribution in [2.45, 2.75) is 50.6 Å². The van der Waals surface area contributed by atoms with Crippen LogP contribution in [0.5, 0.6) is 0 Å². The summed E-state index contributed by atoms with van der Waals surface area (Å²) in [5.74, 6) is -2.46. The molecule has 5 rings (SSSR count). The molecule has 0 radical (unpaired) electrons. The number of carbonyl (C=O) groups excluding carboxylic acids is 1. The van der Waals surface area contributed by atoms with Gasteiger partial charge in [-0.2, -0.15) is 5.10 Å². The van der Waals surface area contributed by atoms with Crippen LogP contribution in [0.2, 0.25) is 0 Å². The first-order valence-corrected chi connectivity index (χ1v) is 11.6. The van der Waals surface area contributed by atoms with Crippen molar-refractivity contribution in [2.24, 2.45) is 5.92 Å². The standard InChI is InChI=1S/C25H26F2N4O3/c26-16-6-7-21(27)19(12-16)22-5-2-9-30(22)18-8-10-31-23(13-18)20(14-28-31)24(32)29-17-4-1-3-15(11-17)25(33)34/h6-8,10,12-15,17,22H,1-5,9,11H2,(H,29,32)(H,33,34)/t15?,17?,22-/m1/s1. The quantitative estimate of drug-likeness (QED) is 0.582. The van der Waals surface area contributed by atoms with Gasteiger partial charge in [0.25, 0.3) is 5.91 Å². The Morgan fingerprint density at radius 2 is 1.94 bits per heavy atom. The van der Waals surface area contributed by atoms with Gasteiger partial charge in [0.2, 0.25) is 0 Å². The van der Waals surface area contributed by atoms with Gasteiger partial charge in [-0.25, -0.2) is 13.3 Å². The van der Waals surface area contributed by atoms with E-state index in [0.29, 0.717) is 42.5 Å². The van der Waals surface area contributed by atoms with Gasteiger partial charge < -0.3 is 15.3 Å². The third-order valence-electron chi connectivity index (χ3n) is 7.01. The predicted molar refractivity (Wildman–Crippen MR) is 122 cm³/mol. The van der Waals surface area contributed by atoms with Crippen LogP contribution in [0.4, 0.5) is 14.5 Å². The summed E-state index contributed by atoms with van der Waals surface area (Å²) in [6.07, 6.45) is 7.34. The number of hydrogen-bond acceptors (Lipinski definition) is 4. The van der Waals surface area contributed by atoms with Gasteiger partial charge in [0.1, 0.15) is 11.6 Å². The SMILES string of the molecule is O=C(NC1CCCC(C(=O)O)C1)c1cnn2ccc(N3CCC[C@@H]3c3cc(F)ccc3F)cc12. The first-order valence-electron chi connectivity index (χ1n) is 11.6. The predicted octanol–water partition coefficient (Wildman–Crippen LogP) is 4.33. The largest absolute Gasteiger partial charge is 0.481 e. The Morgan fingerprint density at radius 1 is 1.09 bits per heavy atom. The van der Waals surface area contributed by atoms with E-state index in [1.165, 1.54) is 12.3 Å². The Morgan fingerprint density at radius 3 is 2.76 bits per heavy atom. The van der Waals surface area contributed by atoms with Crippen molar-refractivity contribution in [3.63, 3.8) is 0 Å². The van der Waals surface area contributed by atoms with E-state index in [-0.39, 0.29) is 18.0 Å². The second-order valence-corrected chi connectivity index (χ2v) is 9.16. The zero-order valence-corrected chi connectivity index (χ0v) is 18.6. The number of carbonyl (C=O) groups is 2. The molecule has 2 aliphatic rings. The number of amides is 1. The average molecular weight is 469 g/mol. The van der Waals surface area contributed by atoms with E-state index >= 15 is 0 Å². The molecule has 3 heterocycles. The number of fused-ring (bicyclic) bond motifs is 1. The van der Waals surface area contributed by atoms with E-state index in [0.717, 1.165) is 37.1 Å². The van der Waals surface area contributed by atoms with Gasteiger partial charge in [0.05, 0.1) is 29.2 Å². The maximum Gasteiger partial charge on any atom is 0.306 e. The molecule has 2 unspecified atom stereocenters. The van der Waals surface area contributed by atoms with E-state index in [2.05, 4.69) is 10.4 Å². The van der Waals surface area contributed by atoms with Gasteiger partial charge in [-0.15, -0.1) is 0 Å². The number of pyridine rings is 1. The highest BCUT2D eigenvalue weighted by atomic mass is 19.1. The van der Waals surface area contributed by atoms with Gasteiger partial charge >= 0.3 is 5.97 Å². The van der Waals surface area contributed by atoms with Crippen LogP contribution in [0, 0.1) is 17.6 Å². The average Bonchev–Trinajstić information content (AvgIpc) is 3.47. The van der Waals surface area contributed by atoms with Crippen LogP contribution < -0.4 is 10.2 Å². The highest BCUT2D eigenvalue weighted by Crippen LogP contribution is 2.38. The first-order chi connectivity index (χ1) is 16.4. The Kier molecular flexibility index (Phi) is 5.93.